The van der Waals surface area contributed by atoms with Crippen molar-refractivity contribution in [2.24, 2.45) is 0 Å². The van der Waals surface area contributed by atoms with E-state index in [9.17, 15) is 27.9 Å². The number of carbonyl (C=O) groups excluding carboxylic acids is 3. The number of phenols is 1. The quantitative estimate of drug-likeness (QED) is 0.353. The molecule has 2 atom stereocenters. The molecule has 136 valence electrons. The number of nitrogens with zero attached hydrogens (tertiary/aromatic N) is 1. The Kier molecular flexibility index (Phi) is 5.28. The number of carbonyl (C=O) groups is 3. The molecule has 1 aliphatic heterocycles. The monoisotopic (exact) mass is 371 g/mol. The number of rotatable bonds is 6. The maximum atomic E-state index is 12.3. The number of benzene rings is 1. The van der Waals surface area contributed by atoms with E-state index in [1.807, 2.05) is 0 Å². The Morgan fingerprint density at radius 3 is 2.40 bits per heavy atom. The van der Waals surface area contributed by atoms with Gasteiger partial charge in [0.05, 0.1) is 6.54 Å². The first-order valence-electron chi connectivity index (χ1n) is 7.22. The summed E-state index contributed by atoms with van der Waals surface area (Å²) in [5.74, 6) is -2.04. The molecule has 1 aromatic rings. The topological polar surface area (TPSA) is 153 Å². The molecule has 0 aromatic heterocycles. The largest absolute Gasteiger partial charge is 0.508 e. The highest BCUT2D eigenvalue weighted by Crippen LogP contribution is 2.15. The van der Waals surface area contributed by atoms with Crippen LogP contribution in [0, 0.1) is 0 Å². The van der Waals surface area contributed by atoms with Gasteiger partial charge in [-0.1, -0.05) is 12.1 Å². The zero-order chi connectivity index (χ0) is 18.8. The van der Waals surface area contributed by atoms with E-state index in [1.54, 1.807) is 12.1 Å². The van der Waals surface area contributed by atoms with Crippen LogP contribution in [0.1, 0.15) is 12.5 Å². The summed E-state index contributed by atoms with van der Waals surface area (Å²) in [5, 5.41) is 14.0. The molecule has 0 spiro atoms. The molecular weight excluding hydrogens is 354 g/mol. The van der Waals surface area contributed by atoms with Crippen molar-refractivity contribution in [3.8, 4) is 5.75 Å². The molecule has 25 heavy (non-hydrogen) atoms. The van der Waals surface area contributed by atoms with Crippen LogP contribution < -0.4 is 10.6 Å². The van der Waals surface area contributed by atoms with Gasteiger partial charge in [-0.2, -0.15) is 8.42 Å². The average Bonchev–Trinajstić information content (AvgIpc) is 2.50. The first-order chi connectivity index (χ1) is 11.6. The number of aromatic hydroxyl groups is 1. The van der Waals surface area contributed by atoms with Crippen LogP contribution in [-0.4, -0.2) is 58.7 Å². The molecule has 11 heteroatoms. The lowest BCUT2D eigenvalue weighted by Gasteiger charge is -2.36. The first kappa shape index (κ1) is 18.7. The Hall–Kier alpha value is -2.66. The summed E-state index contributed by atoms with van der Waals surface area (Å²) >= 11 is 0. The van der Waals surface area contributed by atoms with Crippen LogP contribution in [-0.2, 0) is 31.1 Å². The lowest BCUT2D eigenvalue weighted by molar-refractivity contribution is -0.141. The van der Waals surface area contributed by atoms with Gasteiger partial charge in [-0.05, 0) is 17.7 Å². The molecule has 10 nitrogen and oxygen atoms in total. The number of hydrogen-bond acceptors (Lipinski definition) is 6. The molecule has 1 aromatic carbocycles. The van der Waals surface area contributed by atoms with E-state index < -0.39 is 40.1 Å². The molecule has 1 fully saturated rings. The normalized spacial score (nSPS) is 18.2. The molecule has 3 amide bonds. The fraction of sp³-hybridized carbons (Fsp3) is 0.357. The van der Waals surface area contributed by atoms with Crippen LogP contribution in [0.25, 0.3) is 0 Å². The Labute approximate surface area is 143 Å². The number of phenolic OH excluding ortho intramolecular Hbond substituents is 1. The van der Waals surface area contributed by atoms with Crippen molar-refractivity contribution >= 4 is 28.0 Å². The van der Waals surface area contributed by atoms with Crippen molar-refractivity contribution in [1.82, 2.24) is 14.9 Å². The van der Waals surface area contributed by atoms with E-state index >= 15 is 0 Å². The van der Waals surface area contributed by atoms with Gasteiger partial charge in [0.15, 0.2) is 0 Å². The maximum absolute atomic E-state index is 12.3. The second-order valence-corrected chi connectivity index (χ2v) is 6.87. The van der Waals surface area contributed by atoms with Gasteiger partial charge < -0.3 is 15.7 Å². The average molecular weight is 371 g/mol. The summed E-state index contributed by atoms with van der Waals surface area (Å²) in [4.78, 5) is 35.2. The van der Waals surface area contributed by atoms with Crippen LogP contribution in [0.15, 0.2) is 24.3 Å². The summed E-state index contributed by atoms with van der Waals surface area (Å²) in [6, 6.07) is 3.92. The molecule has 2 rings (SSSR count). The Balaban J connectivity index is 2.03. The van der Waals surface area contributed by atoms with E-state index in [2.05, 4.69) is 10.6 Å². The van der Waals surface area contributed by atoms with Crippen molar-refractivity contribution in [1.29, 1.82) is 0 Å². The second kappa shape index (κ2) is 7.07. The molecule has 0 saturated carbocycles. The summed E-state index contributed by atoms with van der Waals surface area (Å²) in [5.41, 5.74) is 0.659. The van der Waals surface area contributed by atoms with Crippen LogP contribution >= 0.6 is 0 Å². The fourth-order valence-electron chi connectivity index (χ4n) is 2.31. The van der Waals surface area contributed by atoms with Crippen LogP contribution in [0.5, 0.6) is 5.75 Å². The number of amides is 3. The minimum Gasteiger partial charge on any atom is -0.508 e. The highest BCUT2D eigenvalue weighted by molar-refractivity contribution is 7.84. The summed E-state index contributed by atoms with van der Waals surface area (Å²) < 4.78 is 30.8. The van der Waals surface area contributed by atoms with E-state index in [-0.39, 0.29) is 23.0 Å². The summed E-state index contributed by atoms with van der Waals surface area (Å²) in [6.07, 6.45) is 0.106. The second-order valence-electron chi connectivity index (χ2n) is 5.53. The highest BCUT2D eigenvalue weighted by atomic mass is 32.2. The van der Waals surface area contributed by atoms with Crippen LogP contribution in [0.4, 0.5) is 0 Å². The molecule has 0 bridgehead atoms. The molecule has 4 N–H and O–H groups in total. The zero-order valence-corrected chi connectivity index (χ0v) is 14.0. The van der Waals surface area contributed by atoms with Gasteiger partial charge in [0.2, 0.25) is 11.8 Å². The van der Waals surface area contributed by atoms with E-state index in [0.29, 0.717) is 5.56 Å². The zero-order valence-electron chi connectivity index (χ0n) is 13.2. The SMILES string of the molecule is CC(=O)NC(Cc1ccc(O)cc1)C(=O)NC1CN(S(=O)(=O)O)C1=O. The van der Waals surface area contributed by atoms with Gasteiger partial charge >= 0.3 is 10.3 Å². The summed E-state index contributed by atoms with van der Waals surface area (Å²) in [7, 11) is -4.64. The predicted octanol–water partition coefficient (Wildman–Crippen LogP) is -1.43. The van der Waals surface area contributed by atoms with Gasteiger partial charge in [-0.15, -0.1) is 0 Å². The molecule has 0 aliphatic carbocycles. The molecule has 0 radical (unpaired) electrons. The van der Waals surface area contributed by atoms with E-state index in [1.165, 1.54) is 19.1 Å². The van der Waals surface area contributed by atoms with Crippen molar-refractivity contribution in [2.45, 2.75) is 25.4 Å². The van der Waals surface area contributed by atoms with Crippen molar-refractivity contribution in [3.63, 3.8) is 0 Å². The Bertz CT molecular complexity index is 791. The number of nitrogens with one attached hydrogen (secondary N) is 2. The van der Waals surface area contributed by atoms with Gasteiger partial charge in [0.25, 0.3) is 5.91 Å². The maximum Gasteiger partial charge on any atom is 0.362 e. The molecule has 1 aliphatic rings. The van der Waals surface area contributed by atoms with Gasteiger partial charge in [0, 0.05) is 13.3 Å². The van der Waals surface area contributed by atoms with Crippen molar-refractivity contribution in [3.05, 3.63) is 29.8 Å². The minimum atomic E-state index is -4.64. The third-order valence-electron chi connectivity index (χ3n) is 3.56. The molecular formula is C14H17N3O7S. The molecule has 1 heterocycles. The van der Waals surface area contributed by atoms with Gasteiger partial charge in [-0.3, -0.25) is 18.9 Å². The standard InChI is InChI=1S/C14H17N3O7S/c1-8(18)15-11(6-9-2-4-10(19)5-3-9)13(20)16-12-7-17(14(12)21)25(22,23)24/h2-5,11-12,19H,6-7H2,1H3,(H,15,18)(H,16,20)(H,22,23,24). The third kappa shape index (κ3) is 4.67. The minimum absolute atomic E-state index is 0.0506. The van der Waals surface area contributed by atoms with Crippen molar-refractivity contribution in [2.75, 3.05) is 6.54 Å². The fourth-order valence-corrected chi connectivity index (χ4v) is 3.00. The highest BCUT2D eigenvalue weighted by Gasteiger charge is 2.45. The number of hydrogen-bond donors (Lipinski definition) is 4. The van der Waals surface area contributed by atoms with E-state index in [4.69, 9.17) is 4.55 Å². The molecule has 2 unspecified atom stereocenters. The first-order valence-corrected chi connectivity index (χ1v) is 8.62. The Morgan fingerprint density at radius 2 is 1.92 bits per heavy atom. The van der Waals surface area contributed by atoms with Gasteiger partial charge in [0.1, 0.15) is 17.8 Å². The smallest absolute Gasteiger partial charge is 0.362 e. The van der Waals surface area contributed by atoms with E-state index in [0.717, 1.165) is 0 Å². The third-order valence-corrected chi connectivity index (χ3v) is 4.44. The van der Waals surface area contributed by atoms with Gasteiger partial charge in [-0.25, -0.2) is 4.31 Å². The lowest BCUT2D eigenvalue weighted by atomic mass is 10.0. The summed E-state index contributed by atoms with van der Waals surface area (Å²) in [6.45, 7) is 0.848. The van der Waals surface area contributed by atoms with Crippen molar-refractivity contribution < 1.29 is 32.5 Å². The molecule has 1 saturated heterocycles. The lowest BCUT2D eigenvalue weighted by Crippen LogP contribution is -2.66. The van der Waals surface area contributed by atoms with Crippen LogP contribution in [0.3, 0.4) is 0 Å². The number of β-lactam (4-membered cyclic amide) rings is 1. The predicted molar refractivity (Wildman–Crippen MR) is 84.6 cm³/mol. The van der Waals surface area contributed by atoms with Crippen LogP contribution in [0.2, 0.25) is 0 Å². The Morgan fingerprint density at radius 1 is 1.32 bits per heavy atom.